The highest BCUT2D eigenvalue weighted by Gasteiger charge is 2.27. The molecule has 2 amide bonds. The number of carbonyl (C=O) groups excluding carboxylic acids is 2. The second kappa shape index (κ2) is 12.6. The van der Waals surface area contributed by atoms with Crippen LogP contribution >= 0.6 is 23.2 Å². The molecule has 0 spiro atoms. The monoisotopic (exact) mass is 541 g/mol. The van der Waals surface area contributed by atoms with E-state index in [1.54, 1.807) is 44.2 Å². The maximum Gasteiger partial charge on any atom is 0.242 e. The number of sulfonamides is 1. The first-order valence-corrected chi connectivity index (χ1v) is 14.0. The van der Waals surface area contributed by atoms with Crippen molar-refractivity contribution >= 4 is 50.7 Å². The molecule has 0 radical (unpaired) electrons. The minimum atomic E-state index is -3.60. The van der Waals surface area contributed by atoms with E-state index in [0.29, 0.717) is 21.3 Å². The van der Waals surface area contributed by atoms with Crippen LogP contribution in [0, 0.1) is 6.92 Å². The van der Waals surface area contributed by atoms with E-state index in [1.165, 1.54) is 9.21 Å². The number of nitrogens with one attached hydrogen (secondary N) is 1. The van der Waals surface area contributed by atoms with Gasteiger partial charge in [-0.1, -0.05) is 41.4 Å². The third-order valence-corrected chi connectivity index (χ3v) is 7.37. The van der Waals surface area contributed by atoms with Crippen molar-refractivity contribution in [3.05, 3.63) is 63.6 Å². The van der Waals surface area contributed by atoms with Crippen LogP contribution in [0.3, 0.4) is 0 Å². The molecule has 0 saturated carbocycles. The zero-order valence-corrected chi connectivity index (χ0v) is 23.0. The maximum atomic E-state index is 13.3. The fourth-order valence-corrected chi connectivity index (χ4v) is 4.93. The number of rotatable bonds is 11. The fraction of sp³-hybridized carbons (Fsp3) is 0.440. The highest BCUT2D eigenvalue weighted by atomic mass is 35.5. The van der Waals surface area contributed by atoms with Crippen LogP contribution in [0.4, 0.5) is 5.69 Å². The summed E-state index contributed by atoms with van der Waals surface area (Å²) in [5, 5.41) is 3.89. The van der Waals surface area contributed by atoms with E-state index in [2.05, 4.69) is 5.32 Å². The van der Waals surface area contributed by atoms with Crippen molar-refractivity contribution in [3.8, 4) is 0 Å². The molecule has 2 aromatic rings. The molecule has 0 fully saturated rings. The normalized spacial score (nSPS) is 12.3. The first-order valence-electron chi connectivity index (χ1n) is 11.4. The molecule has 0 bridgehead atoms. The van der Waals surface area contributed by atoms with Gasteiger partial charge in [-0.15, -0.1) is 0 Å². The lowest BCUT2D eigenvalue weighted by Crippen LogP contribution is -2.49. The average Bonchev–Trinajstić information content (AvgIpc) is 2.76. The highest BCUT2D eigenvalue weighted by Crippen LogP contribution is 2.28. The van der Waals surface area contributed by atoms with Crippen molar-refractivity contribution < 1.29 is 18.0 Å². The number of hydrogen-bond donors (Lipinski definition) is 1. The van der Waals surface area contributed by atoms with Crippen LogP contribution in [-0.4, -0.2) is 50.0 Å². The van der Waals surface area contributed by atoms with E-state index in [0.717, 1.165) is 11.8 Å². The smallest absolute Gasteiger partial charge is 0.242 e. The Morgan fingerprint density at radius 3 is 2.23 bits per heavy atom. The zero-order chi connectivity index (χ0) is 26.3. The quantitative estimate of drug-likeness (QED) is 0.443. The van der Waals surface area contributed by atoms with Gasteiger partial charge in [-0.05, 0) is 69.5 Å². The van der Waals surface area contributed by atoms with Gasteiger partial charge < -0.3 is 10.2 Å². The molecule has 192 valence electrons. The number of carbonyl (C=O) groups is 2. The second-order valence-corrected chi connectivity index (χ2v) is 11.6. The largest absolute Gasteiger partial charge is 0.352 e. The number of anilines is 1. The number of benzene rings is 2. The van der Waals surface area contributed by atoms with E-state index in [9.17, 15) is 18.0 Å². The third kappa shape index (κ3) is 8.40. The molecule has 35 heavy (non-hydrogen) atoms. The Bertz CT molecular complexity index is 1140. The molecule has 0 unspecified atom stereocenters. The van der Waals surface area contributed by atoms with Gasteiger partial charge in [0, 0.05) is 35.6 Å². The summed E-state index contributed by atoms with van der Waals surface area (Å²) in [5.41, 5.74) is 1.96. The molecule has 0 saturated heterocycles. The molecular formula is C25H33Cl2N3O4S. The highest BCUT2D eigenvalue weighted by molar-refractivity contribution is 7.92. The van der Waals surface area contributed by atoms with Gasteiger partial charge in [-0.25, -0.2) is 8.42 Å². The van der Waals surface area contributed by atoms with Crippen LogP contribution in [0.1, 0.15) is 44.7 Å². The second-order valence-electron chi connectivity index (χ2n) is 8.81. The zero-order valence-electron chi connectivity index (χ0n) is 20.7. The summed E-state index contributed by atoms with van der Waals surface area (Å²) in [6.07, 6.45) is 1.46. The van der Waals surface area contributed by atoms with Crippen molar-refractivity contribution in [1.82, 2.24) is 10.2 Å². The van der Waals surface area contributed by atoms with Crippen LogP contribution in [0.25, 0.3) is 0 Å². The molecule has 0 aromatic heterocycles. The van der Waals surface area contributed by atoms with E-state index in [4.69, 9.17) is 23.2 Å². The lowest BCUT2D eigenvalue weighted by Gasteiger charge is -2.30. The van der Waals surface area contributed by atoms with Gasteiger partial charge in [-0.3, -0.25) is 13.9 Å². The molecule has 0 heterocycles. The SMILES string of the molecule is Cc1c(Cl)cccc1N(CCCC(=O)N(Cc1ccc(Cl)cc1)[C@@H](C)C(=O)NC(C)C)S(C)(=O)=O. The van der Waals surface area contributed by atoms with Gasteiger partial charge in [-0.2, -0.15) is 0 Å². The van der Waals surface area contributed by atoms with Crippen molar-refractivity contribution in [1.29, 1.82) is 0 Å². The average molecular weight is 543 g/mol. The van der Waals surface area contributed by atoms with Crippen molar-refractivity contribution in [2.45, 2.75) is 59.2 Å². The molecule has 0 aliphatic rings. The van der Waals surface area contributed by atoms with Gasteiger partial charge in [0.1, 0.15) is 6.04 Å². The third-order valence-electron chi connectivity index (χ3n) is 5.52. The lowest BCUT2D eigenvalue weighted by molar-refractivity contribution is -0.140. The van der Waals surface area contributed by atoms with E-state index < -0.39 is 16.1 Å². The summed E-state index contributed by atoms with van der Waals surface area (Å²) in [7, 11) is -3.60. The van der Waals surface area contributed by atoms with Crippen molar-refractivity contribution in [2.24, 2.45) is 0 Å². The van der Waals surface area contributed by atoms with Crippen LogP contribution in [0.5, 0.6) is 0 Å². The van der Waals surface area contributed by atoms with Crippen LogP contribution in [0.15, 0.2) is 42.5 Å². The molecular weight excluding hydrogens is 509 g/mol. The molecule has 1 N–H and O–H groups in total. The minimum absolute atomic E-state index is 0.0679. The van der Waals surface area contributed by atoms with Gasteiger partial charge in [0.15, 0.2) is 0 Å². The van der Waals surface area contributed by atoms with Crippen LogP contribution < -0.4 is 9.62 Å². The Balaban J connectivity index is 2.20. The summed E-state index contributed by atoms with van der Waals surface area (Å²) in [6.45, 7) is 7.48. The van der Waals surface area contributed by atoms with Crippen molar-refractivity contribution in [2.75, 3.05) is 17.1 Å². The summed E-state index contributed by atoms with van der Waals surface area (Å²) < 4.78 is 26.3. The summed E-state index contributed by atoms with van der Waals surface area (Å²) in [4.78, 5) is 27.5. The number of nitrogens with zero attached hydrogens (tertiary/aromatic N) is 2. The summed E-state index contributed by atoms with van der Waals surface area (Å²) in [5.74, 6) is -0.503. The first-order chi connectivity index (χ1) is 16.3. The van der Waals surface area contributed by atoms with Crippen LogP contribution in [0.2, 0.25) is 10.0 Å². The molecule has 10 heteroatoms. The molecule has 2 aromatic carbocycles. The predicted molar refractivity (Wildman–Crippen MR) is 142 cm³/mol. The number of amides is 2. The van der Waals surface area contributed by atoms with Gasteiger partial charge in [0.05, 0.1) is 11.9 Å². The lowest BCUT2D eigenvalue weighted by atomic mass is 10.1. The minimum Gasteiger partial charge on any atom is -0.352 e. The maximum absolute atomic E-state index is 13.3. The van der Waals surface area contributed by atoms with Crippen molar-refractivity contribution in [3.63, 3.8) is 0 Å². The summed E-state index contributed by atoms with van der Waals surface area (Å²) in [6, 6.07) is 11.4. The number of halogens is 2. The summed E-state index contributed by atoms with van der Waals surface area (Å²) >= 11 is 12.2. The van der Waals surface area contributed by atoms with E-state index >= 15 is 0 Å². The Kier molecular flexibility index (Phi) is 10.4. The molecule has 0 aliphatic carbocycles. The fourth-order valence-electron chi connectivity index (χ4n) is 3.62. The Hall–Kier alpha value is -2.29. The van der Waals surface area contributed by atoms with Crippen LogP contribution in [-0.2, 0) is 26.2 Å². The van der Waals surface area contributed by atoms with Gasteiger partial charge in [0.25, 0.3) is 0 Å². The predicted octanol–water partition coefficient (Wildman–Crippen LogP) is 4.79. The molecule has 7 nitrogen and oxygen atoms in total. The van der Waals surface area contributed by atoms with Gasteiger partial charge in [0.2, 0.25) is 21.8 Å². The number of hydrogen-bond acceptors (Lipinski definition) is 4. The molecule has 2 rings (SSSR count). The van der Waals surface area contributed by atoms with E-state index in [-0.39, 0.29) is 43.8 Å². The standard InChI is InChI=1S/C25H33Cl2N3O4S/c1-17(2)28-25(32)19(4)29(16-20-11-13-21(26)14-12-20)24(31)10-7-15-30(35(5,33)34)23-9-6-8-22(27)18(23)3/h6,8-9,11-14,17,19H,7,10,15-16H2,1-5H3,(H,28,32)/t19-/m0/s1. The Morgan fingerprint density at radius 1 is 1.03 bits per heavy atom. The topological polar surface area (TPSA) is 86.8 Å². The Labute approximate surface area is 218 Å². The first kappa shape index (κ1) is 28.9. The Morgan fingerprint density at radius 2 is 1.66 bits per heavy atom. The van der Waals surface area contributed by atoms with E-state index in [1.807, 2.05) is 26.0 Å². The van der Waals surface area contributed by atoms with Gasteiger partial charge >= 0.3 is 0 Å². The molecule has 0 aliphatic heterocycles. The molecule has 1 atom stereocenters.